The average Bonchev–Trinajstić information content (AvgIpc) is 4.16. The van der Waals surface area contributed by atoms with Gasteiger partial charge in [-0.25, -0.2) is 9.48 Å². The van der Waals surface area contributed by atoms with Gasteiger partial charge in [-0.2, -0.15) is 5.10 Å². The lowest BCUT2D eigenvalue weighted by Crippen LogP contribution is -2.50. The minimum atomic E-state index is -0.957. The molecule has 0 saturated heterocycles. The number of hydrogen-bond acceptors (Lipinski definition) is 16. The molecule has 0 aliphatic carbocycles. The molecule has 4 N–H and O–H groups in total. The monoisotopic (exact) mass is 1130 g/mol. The van der Waals surface area contributed by atoms with Crippen LogP contribution in [0, 0.1) is 0 Å². The van der Waals surface area contributed by atoms with Gasteiger partial charge in [-0.15, -0.1) is 0 Å². The van der Waals surface area contributed by atoms with Gasteiger partial charge in [0, 0.05) is 93.6 Å². The van der Waals surface area contributed by atoms with Crippen LogP contribution in [-0.2, 0) is 72.0 Å². The van der Waals surface area contributed by atoms with E-state index in [1.807, 2.05) is 60.7 Å². The Labute approximate surface area is 476 Å². The van der Waals surface area contributed by atoms with E-state index in [2.05, 4.69) is 31.2 Å². The number of nitrogens with zero attached hydrogens (tertiary/aromatic N) is 6. The number of urea groups is 1. The third-order valence-electron chi connectivity index (χ3n) is 13.4. The number of imide groups is 1. The van der Waals surface area contributed by atoms with Crippen molar-refractivity contribution in [1.29, 1.82) is 0 Å². The van der Waals surface area contributed by atoms with Crippen LogP contribution in [0.3, 0.4) is 0 Å². The number of nitrogens with one attached hydrogen (secondary N) is 4. The van der Waals surface area contributed by atoms with Crippen molar-refractivity contribution in [1.82, 2.24) is 45.5 Å². The van der Waals surface area contributed by atoms with Crippen LogP contribution in [0.5, 0.6) is 0 Å². The van der Waals surface area contributed by atoms with Gasteiger partial charge in [0.05, 0.1) is 89.4 Å². The number of carbonyl (C=O) groups is 6. The van der Waals surface area contributed by atoms with Gasteiger partial charge in [0.15, 0.2) is 0 Å². The quantitative estimate of drug-likeness (QED) is 0.0313. The number of ether oxygens (including phenoxy) is 6. The fourth-order valence-electron chi connectivity index (χ4n) is 8.96. The van der Waals surface area contributed by atoms with E-state index < -0.39 is 36.2 Å². The Bertz CT molecular complexity index is 2950. The maximum atomic E-state index is 14.1. The lowest BCUT2D eigenvalue weighted by Gasteiger charge is -2.20. The standard InChI is InChI=1S/C59H74N10O13/c1-77-27-28-79-31-32-81-35-36-82-34-33-80-30-29-78-26-20-53(70)62-21-6-4-10-50(65-54(71)42-68-55(72)17-18-56(68)73)57(74)63-22-5-2-3-7-25-69-58(75)49(45-12-11-43-9-8-23-61-51(43)37-45)38-52(66-69)44-13-15-48(16-14-44)64-59(76)67-40-46-19-24-60-39-47(46)41-67/h8-9,11-19,23-24,37-39,50H,2-7,10,20-22,25-36,40-42H2,1H3,(H,62,70)(H,63,74)(H,64,76)(H,65,71)/t50-/m0/s1. The number of benzene rings is 2. The number of methoxy groups -OCH3 is 1. The van der Waals surface area contributed by atoms with E-state index in [9.17, 15) is 33.6 Å². The lowest BCUT2D eigenvalue weighted by atomic mass is 10.0. The highest BCUT2D eigenvalue weighted by molar-refractivity contribution is 6.14. The summed E-state index contributed by atoms with van der Waals surface area (Å²) in [4.78, 5) is 102. The smallest absolute Gasteiger partial charge is 0.322 e. The van der Waals surface area contributed by atoms with Crippen LogP contribution >= 0.6 is 0 Å². The second-order valence-electron chi connectivity index (χ2n) is 19.5. The summed E-state index contributed by atoms with van der Waals surface area (Å²) in [6.45, 7) is 6.14. The minimum Gasteiger partial charge on any atom is -0.382 e. The molecule has 23 heteroatoms. The summed E-state index contributed by atoms with van der Waals surface area (Å²) in [6, 6.07) is 19.4. The molecule has 0 spiro atoms. The molecule has 2 aliphatic rings. The van der Waals surface area contributed by atoms with Crippen molar-refractivity contribution in [3.63, 3.8) is 0 Å². The number of hydrogen-bond donors (Lipinski definition) is 4. The molecule has 2 aliphatic heterocycles. The Morgan fingerprint density at radius 2 is 1.29 bits per heavy atom. The van der Waals surface area contributed by atoms with Crippen molar-refractivity contribution < 1.29 is 57.2 Å². The van der Waals surface area contributed by atoms with Crippen molar-refractivity contribution in [2.75, 3.05) is 105 Å². The van der Waals surface area contributed by atoms with E-state index in [0.717, 1.165) is 51.1 Å². The number of anilines is 1. The zero-order valence-corrected chi connectivity index (χ0v) is 46.5. The van der Waals surface area contributed by atoms with E-state index in [1.165, 1.54) is 4.68 Å². The molecule has 5 aromatic rings. The van der Waals surface area contributed by atoms with Crippen LogP contribution in [0.4, 0.5) is 10.5 Å². The molecular formula is C59H74N10O13. The van der Waals surface area contributed by atoms with Gasteiger partial charge < -0.3 is 54.6 Å². The minimum absolute atomic E-state index is 0.159. The number of amides is 7. The highest BCUT2D eigenvalue weighted by Gasteiger charge is 2.28. The maximum Gasteiger partial charge on any atom is 0.322 e. The molecule has 0 bridgehead atoms. The molecule has 7 rings (SSSR count). The van der Waals surface area contributed by atoms with E-state index in [-0.39, 0.29) is 36.9 Å². The molecule has 1 atom stereocenters. The Balaban J connectivity index is 0.826. The summed E-state index contributed by atoms with van der Waals surface area (Å²) in [5, 5.41) is 17.2. The summed E-state index contributed by atoms with van der Waals surface area (Å²) < 4.78 is 33.6. The molecule has 0 radical (unpaired) electrons. The van der Waals surface area contributed by atoms with Gasteiger partial charge >= 0.3 is 6.03 Å². The average molecular weight is 1130 g/mol. The second-order valence-corrected chi connectivity index (χ2v) is 19.5. The third kappa shape index (κ3) is 20.0. The molecule has 5 heterocycles. The van der Waals surface area contributed by atoms with Crippen LogP contribution in [0.2, 0.25) is 0 Å². The highest BCUT2D eigenvalue weighted by atomic mass is 16.6. The molecule has 7 amide bonds. The summed E-state index contributed by atoms with van der Waals surface area (Å²) in [5.41, 5.74) is 5.71. The largest absolute Gasteiger partial charge is 0.382 e. The van der Waals surface area contributed by atoms with Crippen LogP contribution in [0.1, 0.15) is 62.5 Å². The van der Waals surface area contributed by atoms with Crippen molar-refractivity contribution in [2.24, 2.45) is 0 Å². The molecular weight excluding hydrogens is 1060 g/mol. The van der Waals surface area contributed by atoms with Gasteiger partial charge in [0.25, 0.3) is 17.4 Å². The van der Waals surface area contributed by atoms with Crippen molar-refractivity contribution in [3.8, 4) is 22.4 Å². The third-order valence-corrected chi connectivity index (χ3v) is 13.4. The number of rotatable bonds is 37. The van der Waals surface area contributed by atoms with Crippen LogP contribution in [0.25, 0.3) is 33.3 Å². The molecule has 3 aromatic heterocycles. The number of aryl methyl sites for hydroxylation is 1. The normalized spacial score (nSPS) is 13.2. The molecule has 2 aromatic carbocycles. The van der Waals surface area contributed by atoms with Gasteiger partial charge in [-0.05, 0) is 85.2 Å². The highest BCUT2D eigenvalue weighted by Crippen LogP contribution is 2.27. The first-order chi connectivity index (χ1) is 40.1. The summed E-state index contributed by atoms with van der Waals surface area (Å²) in [7, 11) is 1.62. The number of carbonyl (C=O) groups excluding carboxylic acids is 6. The number of aromatic nitrogens is 4. The van der Waals surface area contributed by atoms with E-state index in [1.54, 1.807) is 36.7 Å². The number of fused-ring (bicyclic) bond motifs is 2. The zero-order chi connectivity index (χ0) is 57.7. The first-order valence-electron chi connectivity index (χ1n) is 27.9. The lowest BCUT2D eigenvalue weighted by molar-refractivity contribution is -0.141. The summed E-state index contributed by atoms with van der Waals surface area (Å²) in [5.74, 6) is -2.49. The molecule has 0 unspecified atom stereocenters. The van der Waals surface area contributed by atoms with Gasteiger partial charge in [0.2, 0.25) is 17.7 Å². The molecule has 82 heavy (non-hydrogen) atoms. The SMILES string of the molecule is COCCOCCOCCOCCOCCOCCC(=O)NCCCC[C@H](NC(=O)CN1C(=O)C=CC1=O)C(=O)NCCCCCCn1nc(-c2ccc(NC(=O)N3Cc4ccncc4C3)cc2)cc(-c2ccc3cccnc3c2)c1=O. The van der Waals surface area contributed by atoms with Crippen molar-refractivity contribution in [2.45, 2.75) is 77.0 Å². The van der Waals surface area contributed by atoms with E-state index >= 15 is 0 Å². The maximum absolute atomic E-state index is 14.1. The molecule has 0 fully saturated rings. The second kappa shape index (κ2) is 33.8. The van der Waals surface area contributed by atoms with Crippen molar-refractivity contribution >= 4 is 52.2 Å². The Morgan fingerprint density at radius 1 is 0.646 bits per heavy atom. The fraction of sp³-hybridized carbons (Fsp3) is 0.458. The number of unbranched alkanes of at least 4 members (excludes halogenated alkanes) is 4. The van der Waals surface area contributed by atoms with Crippen LogP contribution < -0.4 is 26.8 Å². The summed E-state index contributed by atoms with van der Waals surface area (Å²) >= 11 is 0. The Kier molecular flexibility index (Phi) is 25.5. The molecule has 0 saturated carbocycles. The van der Waals surface area contributed by atoms with Gasteiger partial charge in [-0.3, -0.25) is 43.6 Å². The van der Waals surface area contributed by atoms with Crippen LogP contribution in [0.15, 0.2) is 102 Å². The molecule has 23 nitrogen and oxygen atoms in total. The van der Waals surface area contributed by atoms with Crippen molar-refractivity contribution in [3.05, 3.63) is 119 Å². The first kappa shape index (κ1) is 61.8. The number of pyridine rings is 2. The first-order valence-corrected chi connectivity index (χ1v) is 27.9. The fourth-order valence-corrected chi connectivity index (χ4v) is 8.96. The van der Waals surface area contributed by atoms with E-state index in [0.29, 0.717) is 153 Å². The van der Waals surface area contributed by atoms with E-state index in [4.69, 9.17) is 33.5 Å². The van der Waals surface area contributed by atoms with Gasteiger partial charge in [0.1, 0.15) is 12.6 Å². The zero-order valence-electron chi connectivity index (χ0n) is 46.5. The summed E-state index contributed by atoms with van der Waals surface area (Å²) in [6.07, 6.45) is 11.4. The Hall–Kier alpha value is -7.80. The van der Waals surface area contributed by atoms with Gasteiger partial charge in [-0.1, -0.05) is 43.2 Å². The Morgan fingerprint density at radius 3 is 2.00 bits per heavy atom. The predicted molar refractivity (Wildman–Crippen MR) is 304 cm³/mol. The molecule has 438 valence electrons. The topological polar surface area (TPSA) is 273 Å². The predicted octanol–water partition coefficient (Wildman–Crippen LogP) is 4.56. The van der Waals surface area contributed by atoms with Crippen LogP contribution in [-0.4, -0.2) is 171 Å².